The summed E-state index contributed by atoms with van der Waals surface area (Å²) in [5.41, 5.74) is 0. The van der Waals surface area contributed by atoms with E-state index in [1.165, 1.54) is 6.42 Å². The molecule has 0 aliphatic carbocycles. The molecule has 0 radical (unpaired) electrons. The number of rotatable bonds is 0. The minimum atomic E-state index is 0.211. The van der Waals surface area contributed by atoms with Crippen LogP contribution in [0.4, 0.5) is 4.79 Å². The van der Waals surface area contributed by atoms with Gasteiger partial charge in [0.2, 0.25) is 0 Å². The molecule has 0 bridgehead atoms. The topological polar surface area (TPSA) is 32.8 Å². The van der Waals surface area contributed by atoms with Crippen LogP contribution < -0.4 is 0 Å². The highest BCUT2D eigenvalue weighted by atomic mass is 16.5. The van der Waals surface area contributed by atoms with Gasteiger partial charge in [0.15, 0.2) is 0 Å². The molecule has 2 saturated heterocycles. The second kappa shape index (κ2) is 5.04. The van der Waals surface area contributed by atoms with Crippen molar-refractivity contribution in [3.8, 4) is 0 Å². The standard InChI is InChI=1S/C12H22N2O2/c1-10-4-3-5-11(2)14(10)12(15)13-6-8-16-9-7-13/h10-11H,3-9H2,1-2H3/t10-,11+. The fourth-order valence-corrected chi connectivity index (χ4v) is 2.72. The summed E-state index contributed by atoms with van der Waals surface area (Å²) in [6.07, 6.45) is 3.52. The van der Waals surface area contributed by atoms with E-state index < -0.39 is 0 Å². The van der Waals surface area contributed by atoms with Gasteiger partial charge in [0.1, 0.15) is 0 Å². The largest absolute Gasteiger partial charge is 0.378 e. The summed E-state index contributed by atoms with van der Waals surface area (Å²) in [7, 11) is 0. The maximum atomic E-state index is 12.4. The van der Waals surface area contributed by atoms with E-state index in [0.29, 0.717) is 25.3 Å². The van der Waals surface area contributed by atoms with Gasteiger partial charge in [-0.25, -0.2) is 4.79 Å². The molecule has 2 rings (SSSR count). The Labute approximate surface area is 97.5 Å². The number of hydrogen-bond acceptors (Lipinski definition) is 2. The van der Waals surface area contributed by atoms with Crippen molar-refractivity contribution in [2.75, 3.05) is 26.3 Å². The minimum Gasteiger partial charge on any atom is -0.378 e. The lowest BCUT2D eigenvalue weighted by Crippen LogP contribution is -2.55. The van der Waals surface area contributed by atoms with Crippen molar-refractivity contribution in [1.82, 2.24) is 9.80 Å². The SMILES string of the molecule is C[C@@H]1CCC[C@H](C)N1C(=O)N1CCOCC1. The van der Waals surface area contributed by atoms with E-state index in [2.05, 4.69) is 18.7 Å². The molecule has 2 aliphatic heterocycles. The van der Waals surface area contributed by atoms with Crippen molar-refractivity contribution >= 4 is 6.03 Å². The van der Waals surface area contributed by atoms with Gasteiger partial charge in [-0.15, -0.1) is 0 Å². The molecule has 0 saturated carbocycles. The molecular formula is C12H22N2O2. The molecule has 0 spiro atoms. The normalized spacial score (nSPS) is 31.6. The first-order valence-corrected chi connectivity index (χ1v) is 6.35. The van der Waals surface area contributed by atoms with Crippen molar-refractivity contribution in [3.05, 3.63) is 0 Å². The molecule has 0 unspecified atom stereocenters. The van der Waals surface area contributed by atoms with Crippen LogP contribution in [0.1, 0.15) is 33.1 Å². The third kappa shape index (κ3) is 2.32. The molecule has 16 heavy (non-hydrogen) atoms. The number of urea groups is 1. The van der Waals surface area contributed by atoms with Crippen molar-refractivity contribution in [2.24, 2.45) is 0 Å². The Morgan fingerprint density at radius 2 is 1.69 bits per heavy atom. The van der Waals surface area contributed by atoms with Gasteiger partial charge in [0, 0.05) is 25.2 Å². The zero-order chi connectivity index (χ0) is 11.5. The molecule has 92 valence electrons. The number of piperidine rings is 1. The highest BCUT2D eigenvalue weighted by Crippen LogP contribution is 2.24. The summed E-state index contributed by atoms with van der Waals surface area (Å²) in [6.45, 7) is 7.18. The summed E-state index contributed by atoms with van der Waals surface area (Å²) in [5, 5.41) is 0. The third-order valence-corrected chi connectivity index (χ3v) is 3.70. The summed E-state index contributed by atoms with van der Waals surface area (Å²) in [6, 6.07) is 0.987. The molecule has 2 fully saturated rings. The van der Waals surface area contributed by atoms with Crippen molar-refractivity contribution in [1.29, 1.82) is 0 Å². The van der Waals surface area contributed by atoms with Gasteiger partial charge in [-0.05, 0) is 33.1 Å². The van der Waals surface area contributed by atoms with Crippen LogP contribution in [0.15, 0.2) is 0 Å². The van der Waals surface area contributed by atoms with E-state index in [1.54, 1.807) is 0 Å². The molecular weight excluding hydrogens is 204 g/mol. The lowest BCUT2D eigenvalue weighted by Gasteiger charge is -2.42. The number of hydrogen-bond donors (Lipinski definition) is 0. The summed E-state index contributed by atoms with van der Waals surface area (Å²) in [5.74, 6) is 0. The Morgan fingerprint density at radius 3 is 2.25 bits per heavy atom. The fourth-order valence-electron chi connectivity index (χ4n) is 2.72. The highest BCUT2D eigenvalue weighted by Gasteiger charge is 2.32. The van der Waals surface area contributed by atoms with Gasteiger partial charge in [0.05, 0.1) is 13.2 Å². The summed E-state index contributed by atoms with van der Waals surface area (Å²) in [4.78, 5) is 16.4. The Morgan fingerprint density at radius 1 is 1.12 bits per heavy atom. The predicted molar refractivity (Wildman–Crippen MR) is 62.4 cm³/mol. The Balaban J connectivity index is 2.00. The first kappa shape index (κ1) is 11.7. The smallest absolute Gasteiger partial charge is 0.320 e. The number of ether oxygens (including phenoxy) is 1. The number of likely N-dealkylation sites (tertiary alicyclic amines) is 1. The number of amides is 2. The molecule has 2 atom stereocenters. The molecule has 0 aromatic heterocycles. The van der Waals surface area contributed by atoms with Crippen LogP contribution in [0.25, 0.3) is 0 Å². The zero-order valence-electron chi connectivity index (χ0n) is 10.3. The van der Waals surface area contributed by atoms with Gasteiger partial charge in [-0.1, -0.05) is 0 Å². The average Bonchev–Trinajstić information content (AvgIpc) is 2.30. The lowest BCUT2D eigenvalue weighted by atomic mass is 9.98. The van der Waals surface area contributed by atoms with Crippen molar-refractivity contribution < 1.29 is 9.53 Å². The fraction of sp³-hybridized carbons (Fsp3) is 0.917. The van der Waals surface area contributed by atoms with Crippen LogP contribution in [-0.4, -0.2) is 54.2 Å². The maximum absolute atomic E-state index is 12.4. The first-order chi connectivity index (χ1) is 7.70. The second-order valence-electron chi connectivity index (χ2n) is 4.92. The van der Waals surface area contributed by atoms with E-state index in [4.69, 9.17) is 4.74 Å². The molecule has 2 heterocycles. The molecule has 0 aromatic carbocycles. The molecule has 2 amide bonds. The second-order valence-corrected chi connectivity index (χ2v) is 4.92. The summed E-state index contributed by atoms with van der Waals surface area (Å²) < 4.78 is 5.28. The molecule has 4 nitrogen and oxygen atoms in total. The number of nitrogens with zero attached hydrogens (tertiary/aromatic N) is 2. The quantitative estimate of drug-likeness (QED) is 0.630. The van der Waals surface area contributed by atoms with Gasteiger partial charge < -0.3 is 14.5 Å². The molecule has 0 aromatic rings. The number of carbonyl (C=O) groups is 1. The molecule has 0 N–H and O–H groups in total. The van der Waals surface area contributed by atoms with E-state index in [1.807, 2.05) is 4.90 Å². The van der Waals surface area contributed by atoms with Crippen LogP contribution in [0, 0.1) is 0 Å². The van der Waals surface area contributed by atoms with Crippen LogP contribution >= 0.6 is 0 Å². The van der Waals surface area contributed by atoms with Gasteiger partial charge in [-0.2, -0.15) is 0 Å². The first-order valence-electron chi connectivity index (χ1n) is 6.35. The highest BCUT2D eigenvalue weighted by molar-refractivity contribution is 5.75. The van der Waals surface area contributed by atoms with E-state index >= 15 is 0 Å². The van der Waals surface area contributed by atoms with Gasteiger partial charge >= 0.3 is 6.03 Å². The monoisotopic (exact) mass is 226 g/mol. The summed E-state index contributed by atoms with van der Waals surface area (Å²) >= 11 is 0. The Kier molecular flexibility index (Phi) is 3.69. The minimum absolute atomic E-state index is 0.211. The van der Waals surface area contributed by atoms with Crippen LogP contribution in [-0.2, 0) is 4.74 Å². The number of morpholine rings is 1. The van der Waals surface area contributed by atoms with E-state index in [0.717, 1.165) is 25.9 Å². The molecule has 4 heteroatoms. The van der Waals surface area contributed by atoms with Gasteiger partial charge in [0.25, 0.3) is 0 Å². The van der Waals surface area contributed by atoms with Crippen molar-refractivity contribution in [2.45, 2.75) is 45.2 Å². The molecule has 2 aliphatic rings. The Hall–Kier alpha value is -0.770. The van der Waals surface area contributed by atoms with Crippen LogP contribution in [0.3, 0.4) is 0 Å². The van der Waals surface area contributed by atoms with E-state index in [9.17, 15) is 4.79 Å². The maximum Gasteiger partial charge on any atom is 0.320 e. The van der Waals surface area contributed by atoms with Crippen molar-refractivity contribution in [3.63, 3.8) is 0 Å². The Bertz CT molecular complexity index is 241. The van der Waals surface area contributed by atoms with Crippen LogP contribution in [0.2, 0.25) is 0 Å². The predicted octanol–water partition coefficient (Wildman–Crippen LogP) is 1.70. The van der Waals surface area contributed by atoms with E-state index in [-0.39, 0.29) is 6.03 Å². The third-order valence-electron chi connectivity index (χ3n) is 3.70. The zero-order valence-corrected chi connectivity index (χ0v) is 10.3. The lowest BCUT2D eigenvalue weighted by molar-refractivity contribution is 0.0293. The van der Waals surface area contributed by atoms with Crippen LogP contribution in [0.5, 0.6) is 0 Å². The average molecular weight is 226 g/mol. The number of carbonyl (C=O) groups excluding carboxylic acids is 1. The van der Waals surface area contributed by atoms with Gasteiger partial charge in [-0.3, -0.25) is 0 Å².